The summed E-state index contributed by atoms with van der Waals surface area (Å²) in [6.07, 6.45) is 77.4. The van der Waals surface area contributed by atoms with Crippen LogP contribution in [0, 0.1) is 0 Å². The lowest BCUT2D eigenvalue weighted by Crippen LogP contribution is -2.48. The summed E-state index contributed by atoms with van der Waals surface area (Å²) >= 11 is 0. The summed E-state index contributed by atoms with van der Waals surface area (Å²) in [5.41, 5.74) is 0. The Bertz CT molecular complexity index is 1130. The normalized spacial score (nSPS) is 13.7. The van der Waals surface area contributed by atoms with Crippen molar-refractivity contribution in [3.63, 3.8) is 0 Å². The van der Waals surface area contributed by atoms with Crippen LogP contribution in [-0.4, -0.2) is 46.1 Å². The van der Waals surface area contributed by atoms with Gasteiger partial charge in [0, 0.05) is 0 Å². The van der Waals surface area contributed by atoms with Crippen LogP contribution < -0.4 is 5.32 Å². The van der Waals surface area contributed by atoms with E-state index in [1.807, 2.05) is 6.08 Å². The van der Waals surface area contributed by atoms with E-state index >= 15 is 0 Å². The summed E-state index contributed by atoms with van der Waals surface area (Å²) in [6.45, 7) is 4.19. The van der Waals surface area contributed by atoms with Gasteiger partial charge in [-0.1, -0.05) is 286 Å². The predicted octanol–water partition coefficient (Wildman–Crippen LogP) is 18.6. The molecule has 4 N–H and O–H groups in total. The number of carbonyl (C=O) groups excluding carboxylic acids is 1. The zero-order valence-corrected chi connectivity index (χ0v) is 44.8. The minimum atomic E-state index is -1.11. The molecule has 5 heteroatoms. The second-order valence-electron chi connectivity index (χ2n) is 20.2. The fourth-order valence-electron chi connectivity index (χ4n) is 8.96. The SMILES string of the molecule is CCCCCCCCCCC/C=C\C/C=C\CCCCCCCCCCCCCCCCCCC(O)C(=O)NC(CO)C(O)/C=C/CC/C=C/CC/C=C/CCCCCCCCCCCCC. The smallest absolute Gasteiger partial charge is 0.249 e. The molecule has 0 aromatic carbocycles. The standard InChI is InChI=1S/C62H115NO4/c1-3-5-7-9-11-13-15-17-19-21-23-25-26-27-28-29-30-31-32-33-34-35-37-39-41-43-45-47-49-51-53-55-57-61(66)62(67)63-59(58-64)60(65)56-54-52-50-48-46-44-42-40-38-36-24-22-20-18-16-14-12-10-8-6-4-2/h23,25,27-28,38,40,46,48,54,56,59-61,64-66H,3-22,24,26,29-37,39,41-45,47,49-53,55,57-58H2,1-2H3,(H,63,67)/b25-23-,28-27-,40-38+,48-46+,56-54+. The van der Waals surface area contributed by atoms with E-state index in [9.17, 15) is 20.1 Å². The highest BCUT2D eigenvalue weighted by molar-refractivity contribution is 5.80. The van der Waals surface area contributed by atoms with Gasteiger partial charge in [-0.3, -0.25) is 4.79 Å². The van der Waals surface area contributed by atoms with Gasteiger partial charge in [-0.15, -0.1) is 0 Å². The third-order valence-electron chi connectivity index (χ3n) is 13.6. The van der Waals surface area contributed by atoms with E-state index < -0.39 is 24.2 Å². The Kier molecular flexibility index (Phi) is 55.0. The van der Waals surface area contributed by atoms with Crippen molar-refractivity contribution in [3.8, 4) is 0 Å². The van der Waals surface area contributed by atoms with Crippen molar-refractivity contribution in [2.45, 2.75) is 321 Å². The number of unbranched alkanes of at least 4 members (excludes halogenated alkanes) is 38. The summed E-state index contributed by atoms with van der Waals surface area (Å²) < 4.78 is 0. The molecule has 0 aromatic heterocycles. The van der Waals surface area contributed by atoms with Crippen LogP contribution in [0.5, 0.6) is 0 Å². The first kappa shape index (κ1) is 65.0. The van der Waals surface area contributed by atoms with Crippen molar-refractivity contribution < 1.29 is 20.1 Å². The molecule has 0 rings (SSSR count). The predicted molar refractivity (Wildman–Crippen MR) is 296 cm³/mol. The molecule has 0 spiro atoms. The zero-order valence-electron chi connectivity index (χ0n) is 44.8. The van der Waals surface area contributed by atoms with Crippen molar-refractivity contribution in [1.29, 1.82) is 0 Å². The van der Waals surface area contributed by atoms with Crippen LogP contribution in [0.25, 0.3) is 0 Å². The highest BCUT2D eigenvalue weighted by Gasteiger charge is 2.22. The van der Waals surface area contributed by atoms with Crippen LogP contribution in [0.3, 0.4) is 0 Å². The Hall–Kier alpha value is -1.95. The third-order valence-corrected chi connectivity index (χ3v) is 13.6. The van der Waals surface area contributed by atoms with Crippen molar-refractivity contribution >= 4 is 5.91 Å². The highest BCUT2D eigenvalue weighted by atomic mass is 16.3. The number of amides is 1. The molecule has 0 bridgehead atoms. The lowest BCUT2D eigenvalue weighted by Gasteiger charge is -2.21. The van der Waals surface area contributed by atoms with Gasteiger partial charge in [0.1, 0.15) is 6.10 Å². The average molecular weight is 939 g/mol. The molecule has 0 radical (unpaired) electrons. The van der Waals surface area contributed by atoms with E-state index in [1.54, 1.807) is 6.08 Å². The molecule has 0 aliphatic rings. The third kappa shape index (κ3) is 51.7. The van der Waals surface area contributed by atoms with Crippen LogP contribution in [-0.2, 0) is 4.79 Å². The summed E-state index contributed by atoms with van der Waals surface area (Å²) in [7, 11) is 0. The summed E-state index contributed by atoms with van der Waals surface area (Å²) in [6, 6.07) is -0.824. The van der Waals surface area contributed by atoms with E-state index in [2.05, 4.69) is 67.8 Å². The zero-order chi connectivity index (χ0) is 48.6. The van der Waals surface area contributed by atoms with Gasteiger partial charge in [-0.25, -0.2) is 0 Å². The molecule has 0 heterocycles. The molecule has 0 aliphatic heterocycles. The lowest BCUT2D eigenvalue weighted by molar-refractivity contribution is -0.131. The Morgan fingerprint density at radius 3 is 1.00 bits per heavy atom. The van der Waals surface area contributed by atoms with Crippen LogP contribution in [0.15, 0.2) is 60.8 Å². The number of hydrogen-bond acceptors (Lipinski definition) is 4. The van der Waals surface area contributed by atoms with Crippen LogP contribution in [0.4, 0.5) is 0 Å². The largest absolute Gasteiger partial charge is 0.394 e. The summed E-state index contributed by atoms with van der Waals surface area (Å²) in [5.74, 6) is -0.515. The fourth-order valence-corrected chi connectivity index (χ4v) is 8.96. The quantitative estimate of drug-likeness (QED) is 0.0361. The lowest BCUT2D eigenvalue weighted by atomic mass is 10.0. The van der Waals surface area contributed by atoms with E-state index in [-0.39, 0.29) is 6.61 Å². The number of hydrogen-bond donors (Lipinski definition) is 4. The van der Waals surface area contributed by atoms with Crippen molar-refractivity contribution in [2.75, 3.05) is 6.61 Å². The molecule has 5 nitrogen and oxygen atoms in total. The van der Waals surface area contributed by atoms with E-state index in [4.69, 9.17) is 0 Å². The Labute approximate surface area is 418 Å². The van der Waals surface area contributed by atoms with Crippen LogP contribution in [0.1, 0.15) is 303 Å². The summed E-state index contributed by atoms with van der Waals surface area (Å²) in [4.78, 5) is 12.6. The molecule has 392 valence electrons. The first-order valence-corrected chi connectivity index (χ1v) is 29.6. The topological polar surface area (TPSA) is 89.8 Å². The number of carbonyl (C=O) groups is 1. The van der Waals surface area contributed by atoms with Gasteiger partial charge in [0.25, 0.3) is 0 Å². The second kappa shape index (κ2) is 56.6. The van der Waals surface area contributed by atoms with E-state index in [1.165, 1.54) is 231 Å². The van der Waals surface area contributed by atoms with Gasteiger partial charge >= 0.3 is 0 Å². The molecule has 1 amide bonds. The maximum absolute atomic E-state index is 12.6. The van der Waals surface area contributed by atoms with Gasteiger partial charge < -0.3 is 20.6 Å². The van der Waals surface area contributed by atoms with E-state index in [0.29, 0.717) is 6.42 Å². The Morgan fingerprint density at radius 2 is 0.657 bits per heavy atom. The van der Waals surface area contributed by atoms with Gasteiger partial charge in [0.05, 0.1) is 18.8 Å². The van der Waals surface area contributed by atoms with Crippen LogP contribution >= 0.6 is 0 Å². The van der Waals surface area contributed by atoms with Crippen LogP contribution in [0.2, 0.25) is 0 Å². The molecule has 0 fully saturated rings. The first-order chi connectivity index (χ1) is 33.1. The minimum Gasteiger partial charge on any atom is -0.394 e. The van der Waals surface area contributed by atoms with Gasteiger partial charge in [0.2, 0.25) is 5.91 Å². The molecule has 0 saturated heterocycles. The summed E-state index contributed by atoms with van der Waals surface area (Å²) in [5, 5.41) is 33.4. The molecule has 0 aliphatic carbocycles. The average Bonchev–Trinajstić information content (AvgIpc) is 3.33. The Morgan fingerprint density at radius 1 is 0.373 bits per heavy atom. The second-order valence-corrected chi connectivity index (χ2v) is 20.2. The number of nitrogens with one attached hydrogen (secondary N) is 1. The Balaban J connectivity index is 3.60. The van der Waals surface area contributed by atoms with Crippen molar-refractivity contribution in [1.82, 2.24) is 5.32 Å². The molecular formula is C62H115NO4. The molecule has 0 saturated carbocycles. The van der Waals surface area contributed by atoms with Crippen molar-refractivity contribution in [3.05, 3.63) is 60.8 Å². The molecule has 3 atom stereocenters. The van der Waals surface area contributed by atoms with Gasteiger partial charge in [-0.05, 0) is 77.0 Å². The number of aliphatic hydroxyl groups is 3. The van der Waals surface area contributed by atoms with Gasteiger partial charge in [0.15, 0.2) is 0 Å². The maximum Gasteiger partial charge on any atom is 0.249 e. The molecule has 0 aromatic rings. The monoisotopic (exact) mass is 938 g/mol. The molecule has 3 unspecified atom stereocenters. The molecule has 67 heavy (non-hydrogen) atoms. The first-order valence-electron chi connectivity index (χ1n) is 29.6. The highest BCUT2D eigenvalue weighted by Crippen LogP contribution is 2.17. The number of rotatable bonds is 54. The fraction of sp³-hybridized carbons (Fsp3) is 0.823. The number of aliphatic hydroxyl groups excluding tert-OH is 3. The van der Waals surface area contributed by atoms with Gasteiger partial charge in [-0.2, -0.15) is 0 Å². The molecular weight excluding hydrogens is 823 g/mol. The number of allylic oxidation sites excluding steroid dienone is 9. The minimum absolute atomic E-state index is 0.382. The maximum atomic E-state index is 12.6. The van der Waals surface area contributed by atoms with E-state index in [0.717, 1.165) is 51.4 Å². The van der Waals surface area contributed by atoms with Crippen molar-refractivity contribution in [2.24, 2.45) is 0 Å².